The van der Waals surface area contributed by atoms with E-state index in [4.69, 9.17) is 5.73 Å². The van der Waals surface area contributed by atoms with Crippen molar-refractivity contribution in [3.05, 3.63) is 61.5 Å². The topological polar surface area (TPSA) is 98.3 Å². The first kappa shape index (κ1) is 15.2. The van der Waals surface area contributed by atoms with E-state index in [9.17, 15) is 19.3 Å². The highest BCUT2D eigenvalue weighted by atomic mass is 127. The van der Waals surface area contributed by atoms with Crippen molar-refractivity contribution in [2.45, 2.75) is 0 Å². The molecule has 108 valence electrons. The molecule has 0 bridgehead atoms. The molecule has 0 fully saturated rings. The van der Waals surface area contributed by atoms with E-state index in [2.05, 4.69) is 5.32 Å². The van der Waals surface area contributed by atoms with Crippen molar-refractivity contribution >= 4 is 45.6 Å². The molecule has 0 aliphatic carbocycles. The third-order valence-electron chi connectivity index (χ3n) is 2.68. The lowest BCUT2D eigenvalue weighted by Crippen LogP contribution is -2.15. The lowest BCUT2D eigenvalue weighted by Gasteiger charge is -2.08. The van der Waals surface area contributed by atoms with Crippen LogP contribution in [0.25, 0.3) is 0 Å². The van der Waals surface area contributed by atoms with Gasteiger partial charge in [-0.2, -0.15) is 0 Å². The lowest BCUT2D eigenvalue weighted by atomic mass is 10.1. The van der Waals surface area contributed by atoms with Crippen LogP contribution in [0.3, 0.4) is 0 Å². The van der Waals surface area contributed by atoms with Crippen molar-refractivity contribution in [3.63, 3.8) is 0 Å². The number of anilines is 2. The van der Waals surface area contributed by atoms with Crippen LogP contribution in [0.15, 0.2) is 36.4 Å². The number of benzene rings is 2. The van der Waals surface area contributed by atoms with E-state index < -0.39 is 22.3 Å². The number of para-hydroxylation sites is 1. The van der Waals surface area contributed by atoms with Gasteiger partial charge >= 0.3 is 0 Å². The van der Waals surface area contributed by atoms with Gasteiger partial charge in [-0.3, -0.25) is 14.9 Å². The quantitative estimate of drug-likeness (QED) is 0.357. The predicted molar refractivity (Wildman–Crippen MR) is 84.6 cm³/mol. The summed E-state index contributed by atoms with van der Waals surface area (Å²) in [6, 6.07) is 8.52. The Bertz CT molecular complexity index is 737. The highest BCUT2D eigenvalue weighted by molar-refractivity contribution is 14.1. The molecule has 2 rings (SSSR count). The monoisotopic (exact) mass is 401 g/mol. The van der Waals surface area contributed by atoms with E-state index in [-0.39, 0.29) is 11.3 Å². The van der Waals surface area contributed by atoms with Crippen LogP contribution in [-0.2, 0) is 0 Å². The smallest absolute Gasteiger partial charge is 0.285 e. The fraction of sp³-hybridized carbons (Fsp3) is 0. The van der Waals surface area contributed by atoms with E-state index in [0.29, 0.717) is 11.8 Å². The van der Waals surface area contributed by atoms with Gasteiger partial charge in [-0.15, -0.1) is 0 Å². The van der Waals surface area contributed by atoms with Crippen LogP contribution < -0.4 is 11.1 Å². The second kappa shape index (κ2) is 6.04. The minimum Gasteiger partial charge on any atom is -0.396 e. The zero-order valence-corrected chi connectivity index (χ0v) is 12.6. The summed E-state index contributed by atoms with van der Waals surface area (Å²) in [7, 11) is 0. The Kier molecular flexibility index (Phi) is 4.36. The van der Waals surface area contributed by atoms with Crippen LogP contribution >= 0.6 is 22.6 Å². The molecule has 0 spiro atoms. The van der Waals surface area contributed by atoms with E-state index in [1.165, 1.54) is 0 Å². The number of rotatable bonds is 3. The summed E-state index contributed by atoms with van der Waals surface area (Å²) < 4.78 is 14.1. The van der Waals surface area contributed by atoms with Gasteiger partial charge in [-0.1, -0.05) is 12.1 Å². The lowest BCUT2D eigenvalue weighted by molar-refractivity contribution is -0.385. The van der Waals surface area contributed by atoms with Gasteiger partial charge in [0.1, 0.15) is 5.56 Å². The van der Waals surface area contributed by atoms with Gasteiger partial charge in [0.05, 0.1) is 22.4 Å². The number of nitrogen functional groups attached to an aromatic ring is 1. The maximum Gasteiger partial charge on any atom is 0.285 e. The van der Waals surface area contributed by atoms with Gasteiger partial charge < -0.3 is 11.1 Å². The van der Waals surface area contributed by atoms with Gasteiger partial charge in [0, 0.05) is 3.57 Å². The molecular weight excluding hydrogens is 392 g/mol. The molecule has 2 aromatic carbocycles. The normalized spacial score (nSPS) is 10.2. The first-order chi connectivity index (χ1) is 9.90. The Morgan fingerprint density at radius 1 is 1.33 bits per heavy atom. The largest absolute Gasteiger partial charge is 0.396 e. The highest BCUT2D eigenvalue weighted by Crippen LogP contribution is 2.26. The van der Waals surface area contributed by atoms with Crippen LogP contribution in [-0.4, -0.2) is 10.8 Å². The molecule has 21 heavy (non-hydrogen) atoms. The van der Waals surface area contributed by atoms with E-state index >= 15 is 0 Å². The molecule has 0 atom stereocenters. The third-order valence-corrected chi connectivity index (χ3v) is 3.62. The molecule has 1 amide bonds. The molecule has 0 aliphatic rings. The SMILES string of the molecule is Nc1cc(C(=O)Nc2ccccc2I)c([N+](=O)[O-])cc1F. The molecule has 0 unspecified atom stereocenters. The Labute approximate surface area is 132 Å². The van der Waals surface area contributed by atoms with Gasteiger partial charge in [0.2, 0.25) is 0 Å². The summed E-state index contributed by atoms with van der Waals surface area (Å²) in [6.45, 7) is 0. The highest BCUT2D eigenvalue weighted by Gasteiger charge is 2.23. The molecule has 6 nitrogen and oxygen atoms in total. The van der Waals surface area contributed by atoms with Crippen LogP contribution in [0.1, 0.15) is 10.4 Å². The maximum atomic E-state index is 13.3. The van der Waals surface area contributed by atoms with Gasteiger partial charge in [0.15, 0.2) is 5.82 Å². The number of nitrogens with zero attached hydrogens (tertiary/aromatic N) is 1. The zero-order valence-electron chi connectivity index (χ0n) is 10.5. The van der Waals surface area contributed by atoms with Crippen molar-refractivity contribution in [1.82, 2.24) is 0 Å². The Morgan fingerprint density at radius 2 is 2.00 bits per heavy atom. The molecule has 0 aromatic heterocycles. The molecule has 2 aromatic rings. The number of nitrogens with two attached hydrogens (primary N) is 1. The third kappa shape index (κ3) is 3.27. The van der Waals surface area contributed by atoms with Crippen molar-refractivity contribution in [3.8, 4) is 0 Å². The number of nitro groups is 1. The standard InChI is InChI=1S/C13H9FIN3O3/c14-8-6-12(18(20)21)7(5-10(8)16)13(19)17-11-4-2-1-3-9(11)15/h1-6H,16H2,(H,17,19). The number of halogens is 2. The summed E-state index contributed by atoms with van der Waals surface area (Å²) in [5.41, 5.74) is 4.62. The first-order valence-corrected chi connectivity index (χ1v) is 6.77. The average molecular weight is 401 g/mol. The Morgan fingerprint density at radius 3 is 2.62 bits per heavy atom. The Hall–Kier alpha value is -2.23. The molecule has 3 N–H and O–H groups in total. The summed E-state index contributed by atoms with van der Waals surface area (Å²) in [6.07, 6.45) is 0. The van der Waals surface area contributed by atoms with Crippen LogP contribution in [0.5, 0.6) is 0 Å². The van der Waals surface area contributed by atoms with E-state index in [0.717, 1.165) is 9.64 Å². The second-order valence-corrected chi connectivity index (χ2v) is 5.24. The predicted octanol–water partition coefficient (Wildman–Crippen LogP) is 3.17. The van der Waals surface area contributed by atoms with Gasteiger partial charge in [0.25, 0.3) is 11.6 Å². The van der Waals surface area contributed by atoms with Crippen molar-refractivity contribution in [1.29, 1.82) is 0 Å². The second-order valence-electron chi connectivity index (χ2n) is 4.08. The van der Waals surface area contributed by atoms with Crippen molar-refractivity contribution in [2.75, 3.05) is 11.1 Å². The number of hydrogen-bond acceptors (Lipinski definition) is 4. The minimum atomic E-state index is -0.937. The molecule has 0 saturated carbocycles. The van der Waals surface area contributed by atoms with Gasteiger partial charge in [-0.25, -0.2) is 4.39 Å². The summed E-state index contributed by atoms with van der Waals surface area (Å²) >= 11 is 2.01. The molecule has 0 saturated heterocycles. The van der Waals surface area contributed by atoms with Crippen LogP contribution in [0.4, 0.5) is 21.5 Å². The van der Waals surface area contributed by atoms with Gasteiger partial charge in [-0.05, 0) is 40.8 Å². The average Bonchev–Trinajstić information content (AvgIpc) is 2.43. The maximum absolute atomic E-state index is 13.3. The fourth-order valence-corrected chi connectivity index (χ4v) is 2.19. The summed E-state index contributed by atoms with van der Waals surface area (Å²) in [5.74, 6) is -1.66. The molecule has 0 heterocycles. The van der Waals surface area contributed by atoms with E-state index in [1.54, 1.807) is 24.3 Å². The van der Waals surface area contributed by atoms with Crippen molar-refractivity contribution < 1.29 is 14.1 Å². The van der Waals surface area contributed by atoms with Crippen molar-refractivity contribution in [2.24, 2.45) is 0 Å². The number of hydrogen-bond donors (Lipinski definition) is 2. The molecule has 0 aliphatic heterocycles. The number of amides is 1. The van der Waals surface area contributed by atoms with Crippen LogP contribution in [0, 0.1) is 19.5 Å². The molecular formula is C13H9FIN3O3. The van der Waals surface area contributed by atoms with Crippen LogP contribution in [0.2, 0.25) is 0 Å². The minimum absolute atomic E-state index is 0.293. The zero-order chi connectivity index (χ0) is 15.6. The summed E-state index contributed by atoms with van der Waals surface area (Å²) in [4.78, 5) is 22.3. The fourth-order valence-electron chi connectivity index (χ4n) is 1.66. The first-order valence-electron chi connectivity index (χ1n) is 5.69. The Balaban J connectivity index is 2.42. The molecule has 8 heteroatoms. The number of nitro benzene ring substituents is 1. The number of nitrogens with one attached hydrogen (secondary N) is 1. The number of carbonyl (C=O) groups is 1. The van der Waals surface area contributed by atoms with E-state index in [1.807, 2.05) is 22.6 Å². The number of carbonyl (C=O) groups excluding carboxylic acids is 1. The molecule has 0 radical (unpaired) electrons. The summed E-state index contributed by atoms with van der Waals surface area (Å²) in [5, 5.41) is 13.5.